The molecule has 1 aliphatic rings. The van der Waals surface area contributed by atoms with Crippen LogP contribution in [0.4, 0.5) is 10.8 Å². The summed E-state index contributed by atoms with van der Waals surface area (Å²) in [6.07, 6.45) is 3.08. The van der Waals surface area contributed by atoms with Crippen molar-refractivity contribution in [2.75, 3.05) is 15.8 Å². The molecule has 6 rings (SSSR count). The molecule has 3 aromatic heterocycles. The second kappa shape index (κ2) is 9.94. The molecule has 0 fully saturated rings. The number of carbonyl (C=O) groups excluding carboxylic acids is 1. The van der Waals surface area contributed by atoms with Crippen LogP contribution in [0.2, 0.25) is 0 Å². The third-order valence-electron chi connectivity index (χ3n) is 6.14. The van der Waals surface area contributed by atoms with Gasteiger partial charge in [0.1, 0.15) is 5.39 Å². The number of hydrogen-bond acceptors (Lipinski definition) is 9. The molecular formula is C25H21N7O4S3. The Labute approximate surface area is 231 Å². The molecule has 39 heavy (non-hydrogen) atoms. The number of aromatic nitrogens is 5. The first-order chi connectivity index (χ1) is 18.8. The average Bonchev–Trinajstić information content (AvgIpc) is 3.65. The predicted molar refractivity (Wildman–Crippen MR) is 150 cm³/mol. The predicted octanol–water partition coefficient (Wildman–Crippen LogP) is 3.82. The molecule has 0 saturated carbocycles. The SMILES string of the molecule is Cc1cccc(-n2ncc3c(=O)n4c(nc32)SCC4CC(=O)Nc2ccc(S(=O)(=O)Nc3nccs3)cc2)c1. The van der Waals surface area contributed by atoms with E-state index in [2.05, 4.69) is 20.1 Å². The van der Waals surface area contributed by atoms with E-state index in [0.717, 1.165) is 11.3 Å². The molecule has 0 bridgehead atoms. The number of anilines is 2. The summed E-state index contributed by atoms with van der Waals surface area (Å²) in [5, 5.41) is 10.1. The summed E-state index contributed by atoms with van der Waals surface area (Å²) in [6.45, 7) is 1.98. The number of thiazole rings is 1. The van der Waals surface area contributed by atoms with Crippen molar-refractivity contribution in [1.29, 1.82) is 0 Å². The summed E-state index contributed by atoms with van der Waals surface area (Å²) in [4.78, 5) is 34.9. The number of carbonyl (C=O) groups is 1. The molecule has 0 saturated heterocycles. The van der Waals surface area contributed by atoms with Gasteiger partial charge in [0.25, 0.3) is 15.6 Å². The van der Waals surface area contributed by atoms with Crippen LogP contribution in [0.1, 0.15) is 18.0 Å². The molecule has 1 amide bonds. The Hall–Kier alpha value is -4.01. The van der Waals surface area contributed by atoms with Crippen LogP contribution in [0.15, 0.2) is 81.2 Å². The standard InChI is InChI=1S/C25H21N7O4S3/c1-15-3-2-4-17(11-15)32-22-20(13-27-32)23(34)31-18(14-38-25(31)29-22)12-21(33)28-16-5-7-19(8-6-16)39(35,36)30-24-26-9-10-37-24/h2-11,13,18H,12,14H2,1H3,(H,26,30)(H,28,33). The smallest absolute Gasteiger partial charge is 0.265 e. The lowest BCUT2D eigenvalue weighted by Crippen LogP contribution is -2.27. The number of aryl methyl sites for hydroxylation is 1. The fourth-order valence-electron chi connectivity index (χ4n) is 4.32. The van der Waals surface area contributed by atoms with E-state index >= 15 is 0 Å². The summed E-state index contributed by atoms with van der Waals surface area (Å²) >= 11 is 2.60. The number of nitrogens with zero attached hydrogens (tertiary/aromatic N) is 5. The van der Waals surface area contributed by atoms with Gasteiger partial charge in [0.2, 0.25) is 5.91 Å². The van der Waals surface area contributed by atoms with Gasteiger partial charge >= 0.3 is 0 Å². The molecule has 11 nitrogen and oxygen atoms in total. The maximum atomic E-state index is 13.4. The Morgan fingerprint density at radius 2 is 2.00 bits per heavy atom. The van der Waals surface area contributed by atoms with E-state index in [4.69, 9.17) is 4.98 Å². The Morgan fingerprint density at radius 3 is 2.74 bits per heavy atom. The van der Waals surface area contributed by atoms with Crippen LogP contribution in [0.5, 0.6) is 0 Å². The molecule has 1 aliphatic heterocycles. The van der Waals surface area contributed by atoms with Gasteiger partial charge < -0.3 is 5.32 Å². The molecule has 0 radical (unpaired) electrons. The lowest BCUT2D eigenvalue weighted by molar-refractivity contribution is -0.116. The first-order valence-corrected chi connectivity index (χ1v) is 15.2. The van der Waals surface area contributed by atoms with Crippen LogP contribution in [0.25, 0.3) is 16.7 Å². The van der Waals surface area contributed by atoms with Gasteiger partial charge in [0.15, 0.2) is 15.9 Å². The number of thioether (sulfide) groups is 1. The molecule has 2 N–H and O–H groups in total. The third-order valence-corrected chi connectivity index (χ3v) is 9.41. The average molecular weight is 580 g/mol. The van der Waals surface area contributed by atoms with E-state index in [9.17, 15) is 18.0 Å². The van der Waals surface area contributed by atoms with Crippen molar-refractivity contribution >= 4 is 60.9 Å². The number of nitrogens with one attached hydrogen (secondary N) is 2. The van der Waals surface area contributed by atoms with E-state index in [0.29, 0.717) is 27.6 Å². The van der Waals surface area contributed by atoms with Gasteiger partial charge in [0, 0.05) is 29.4 Å². The van der Waals surface area contributed by atoms with Crippen LogP contribution in [-0.4, -0.2) is 44.4 Å². The van der Waals surface area contributed by atoms with Crippen molar-refractivity contribution in [2.45, 2.75) is 29.4 Å². The van der Waals surface area contributed by atoms with Crippen molar-refractivity contribution in [1.82, 2.24) is 24.3 Å². The van der Waals surface area contributed by atoms with Crippen molar-refractivity contribution in [3.8, 4) is 5.69 Å². The molecular weight excluding hydrogens is 559 g/mol. The van der Waals surface area contributed by atoms with Crippen LogP contribution < -0.4 is 15.6 Å². The number of hydrogen-bond donors (Lipinski definition) is 2. The second-order valence-electron chi connectivity index (χ2n) is 8.89. The molecule has 1 atom stereocenters. The molecule has 5 aromatic rings. The summed E-state index contributed by atoms with van der Waals surface area (Å²) in [5.74, 6) is 0.229. The largest absolute Gasteiger partial charge is 0.326 e. The molecule has 14 heteroatoms. The maximum Gasteiger partial charge on any atom is 0.265 e. The fraction of sp³-hybridized carbons (Fsp3) is 0.160. The first-order valence-electron chi connectivity index (χ1n) is 11.8. The minimum atomic E-state index is -3.79. The third kappa shape index (κ3) is 4.93. The normalized spacial score (nSPS) is 14.8. The minimum Gasteiger partial charge on any atom is -0.326 e. The van der Waals surface area contributed by atoms with Crippen molar-refractivity contribution in [2.24, 2.45) is 0 Å². The quantitative estimate of drug-likeness (QED) is 0.277. The molecule has 2 aromatic carbocycles. The van der Waals surface area contributed by atoms with E-state index in [-0.39, 0.29) is 34.0 Å². The Bertz CT molecular complexity index is 1860. The van der Waals surface area contributed by atoms with Crippen molar-refractivity contribution < 1.29 is 13.2 Å². The van der Waals surface area contributed by atoms with Gasteiger partial charge in [-0.15, -0.1) is 11.3 Å². The van der Waals surface area contributed by atoms with E-state index in [1.807, 2.05) is 31.2 Å². The van der Waals surface area contributed by atoms with Crippen molar-refractivity contribution in [3.63, 3.8) is 0 Å². The molecule has 198 valence electrons. The molecule has 1 unspecified atom stereocenters. The van der Waals surface area contributed by atoms with Gasteiger partial charge in [-0.1, -0.05) is 23.9 Å². The maximum absolute atomic E-state index is 13.4. The highest BCUT2D eigenvalue weighted by Crippen LogP contribution is 2.33. The number of sulfonamides is 1. The van der Waals surface area contributed by atoms with Gasteiger partial charge in [0.05, 0.1) is 22.8 Å². The summed E-state index contributed by atoms with van der Waals surface area (Å²) in [5.41, 5.74) is 2.57. The van der Waals surface area contributed by atoms with Crippen LogP contribution in [0.3, 0.4) is 0 Å². The second-order valence-corrected chi connectivity index (χ2v) is 12.5. The van der Waals surface area contributed by atoms with Crippen LogP contribution in [0, 0.1) is 6.92 Å². The fourth-order valence-corrected chi connectivity index (χ4v) is 7.24. The Balaban J connectivity index is 1.18. The Kier molecular flexibility index (Phi) is 6.45. The summed E-state index contributed by atoms with van der Waals surface area (Å²) in [6, 6.07) is 13.3. The number of benzene rings is 2. The highest BCUT2D eigenvalue weighted by Gasteiger charge is 2.29. The zero-order valence-electron chi connectivity index (χ0n) is 20.4. The van der Waals surface area contributed by atoms with E-state index < -0.39 is 10.0 Å². The lowest BCUT2D eigenvalue weighted by Gasteiger charge is -2.14. The van der Waals surface area contributed by atoms with Crippen LogP contribution >= 0.6 is 23.1 Å². The van der Waals surface area contributed by atoms with E-state index in [1.54, 1.807) is 14.6 Å². The number of amides is 1. The molecule has 4 heterocycles. The Morgan fingerprint density at radius 1 is 1.18 bits per heavy atom. The zero-order valence-corrected chi connectivity index (χ0v) is 22.9. The van der Waals surface area contributed by atoms with E-state index in [1.165, 1.54) is 59.8 Å². The monoisotopic (exact) mass is 579 g/mol. The van der Waals surface area contributed by atoms with Crippen molar-refractivity contribution in [3.05, 3.63) is 82.2 Å². The zero-order chi connectivity index (χ0) is 27.1. The highest BCUT2D eigenvalue weighted by atomic mass is 32.2. The van der Waals surface area contributed by atoms with Gasteiger partial charge in [-0.25, -0.2) is 23.1 Å². The summed E-state index contributed by atoms with van der Waals surface area (Å²) < 4.78 is 30.7. The van der Waals surface area contributed by atoms with Gasteiger partial charge in [-0.2, -0.15) is 5.10 Å². The topological polar surface area (TPSA) is 141 Å². The van der Waals surface area contributed by atoms with Gasteiger partial charge in [-0.3, -0.25) is 18.9 Å². The highest BCUT2D eigenvalue weighted by molar-refractivity contribution is 7.99. The molecule has 0 aliphatic carbocycles. The molecule has 0 spiro atoms. The first kappa shape index (κ1) is 25.3. The number of rotatable bonds is 7. The lowest BCUT2D eigenvalue weighted by atomic mass is 10.2. The summed E-state index contributed by atoms with van der Waals surface area (Å²) in [7, 11) is -3.79. The van der Waals surface area contributed by atoms with Crippen LogP contribution in [-0.2, 0) is 14.8 Å². The minimum absolute atomic E-state index is 0.0460. The number of fused-ring (bicyclic) bond motifs is 2. The van der Waals surface area contributed by atoms with Gasteiger partial charge in [-0.05, 0) is 48.9 Å².